The first kappa shape index (κ1) is 16.6. The Hall–Kier alpha value is -1.76. The first-order chi connectivity index (χ1) is 10.8. The van der Waals surface area contributed by atoms with Gasteiger partial charge in [0, 0.05) is 0 Å². The highest BCUT2D eigenvalue weighted by molar-refractivity contribution is 5.29. The van der Waals surface area contributed by atoms with Crippen LogP contribution in [0.5, 0.6) is 5.75 Å². The van der Waals surface area contributed by atoms with Crippen molar-refractivity contribution in [1.29, 1.82) is 0 Å². The molecule has 0 saturated carbocycles. The van der Waals surface area contributed by atoms with E-state index in [0.717, 1.165) is 25.2 Å². The van der Waals surface area contributed by atoms with Crippen LogP contribution in [0.2, 0.25) is 0 Å². The molecule has 0 heterocycles. The molecule has 118 valence electrons. The van der Waals surface area contributed by atoms with Crippen LogP contribution in [-0.4, -0.2) is 6.61 Å². The van der Waals surface area contributed by atoms with E-state index in [2.05, 4.69) is 68.4 Å². The Kier molecular flexibility index (Phi) is 7.02. The van der Waals surface area contributed by atoms with E-state index in [1.807, 2.05) is 0 Å². The van der Waals surface area contributed by atoms with E-state index in [4.69, 9.17) is 4.74 Å². The maximum atomic E-state index is 5.80. The van der Waals surface area contributed by atoms with Gasteiger partial charge in [-0.05, 0) is 42.0 Å². The van der Waals surface area contributed by atoms with Gasteiger partial charge in [0.25, 0.3) is 0 Å². The van der Waals surface area contributed by atoms with Crippen LogP contribution >= 0.6 is 0 Å². The van der Waals surface area contributed by atoms with Gasteiger partial charge in [-0.15, -0.1) is 0 Å². The molecule has 0 aromatic heterocycles. The highest BCUT2D eigenvalue weighted by Crippen LogP contribution is 2.21. The second kappa shape index (κ2) is 9.30. The van der Waals surface area contributed by atoms with Crippen molar-refractivity contribution < 1.29 is 4.74 Å². The molecule has 0 N–H and O–H groups in total. The number of rotatable bonds is 9. The maximum Gasteiger partial charge on any atom is 0.119 e. The zero-order valence-corrected chi connectivity index (χ0v) is 13.9. The largest absolute Gasteiger partial charge is 0.494 e. The lowest BCUT2D eigenvalue weighted by molar-refractivity contribution is 0.305. The van der Waals surface area contributed by atoms with Crippen LogP contribution in [0.1, 0.15) is 56.6 Å². The number of ether oxygens (including phenoxy) is 1. The number of unbranched alkanes of at least 4 members (excludes halogenated alkanes) is 3. The molecular formula is C21H28O. The van der Waals surface area contributed by atoms with Crippen molar-refractivity contribution in [3.63, 3.8) is 0 Å². The van der Waals surface area contributed by atoms with Crippen LogP contribution < -0.4 is 4.74 Å². The monoisotopic (exact) mass is 296 g/mol. The first-order valence-electron chi connectivity index (χ1n) is 8.56. The molecule has 1 atom stereocenters. The van der Waals surface area contributed by atoms with Crippen molar-refractivity contribution in [1.82, 2.24) is 0 Å². The zero-order valence-electron chi connectivity index (χ0n) is 13.9. The molecule has 0 amide bonds. The van der Waals surface area contributed by atoms with E-state index in [0.29, 0.717) is 5.92 Å². The normalized spacial score (nSPS) is 12.1. The molecule has 2 aromatic carbocycles. The molecule has 0 aliphatic carbocycles. The van der Waals surface area contributed by atoms with Gasteiger partial charge in [0.2, 0.25) is 0 Å². The second-order valence-electron chi connectivity index (χ2n) is 6.07. The minimum Gasteiger partial charge on any atom is -0.494 e. The second-order valence-corrected chi connectivity index (χ2v) is 6.07. The Morgan fingerprint density at radius 1 is 0.864 bits per heavy atom. The molecule has 0 fully saturated rings. The average Bonchev–Trinajstić information content (AvgIpc) is 2.57. The molecule has 0 aliphatic rings. The van der Waals surface area contributed by atoms with Gasteiger partial charge in [-0.1, -0.05) is 75.6 Å². The predicted octanol–water partition coefficient (Wildman–Crippen LogP) is 5.99. The van der Waals surface area contributed by atoms with Crippen LogP contribution in [0.3, 0.4) is 0 Å². The number of benzene rings is 2. The van der Waals surface area contributed by atoms with Crippen LogP contribution in [-0.2, 0) is 6.42 Å². The predicted molar refractivity (Wildman–Crippen MR) is 94.6 cm³/mol. The fourth-order valence-electron chi connectivity index (χ4n) is 2.69. The molecule has 1 heteroatoms. The molecule has 0 radical (unpaired) electrons. The Morgan fingerprint density at radius 2 is 1.59 bits per heavy atom. The van der Waals surface area contributed by atoms with Gasteiger partial charge in [0.1, 0.15) is 5.75 Å². The Balaban J connectivity index is 1.79. The lowest BCUT2D eigenvalue weighted by atomic mass is 9.94. The minimum absolute atomic E-state index is 0.544. The molecule has 0 saturated heterocycles. The Bertz CT molecular complexity index is 515. The lowest BCUT2D eigenvalue weighted by Crippen LogP contribution is -1.99. The highest BCUT2D eigenvalue weighted by Gasteiger charge is 2.06. The molecule has 0 aliphatic heterocycles. The summed E-state index contributed by atoms with van der Waals surface area (Å²) in [6, 6.07) is 19.3. The van der Waals surface area contributed by atoms with Crippen LogP contribution in [0.4, 0.5) is 0 Å². The molecule has 1 nitrogen and oxygen atoms in total. The van der Waals surface area contributed by atoms with E-state index in [1.165, 1.54) is 30.4 Å². The van der Waals surface area contributed by atoms with E-state index in [9.17, 15) is 0 Å². The fourth-order valence-corrected chi connectivity index (χ4v) is 2.69. The summed E-state index contributed by atoms with van der Waals surface area (Å²) in [4.78, 5) is 0. The molecule has 0 bridgehead atoms. The van der Waals surface area contributed by atoms with E-state index >= 15 is 0 Å². The Labute approximate surface area is 135 Å². The van der Waals surface area contributed by atoms with Crippen LogP contribution in [0, 0.1) is 0 Å². The topological polar surface area (TPSA) is 9.23 Å². The fraction of sp³-hybridized carbons (Fsp3) is 0.429. The third kappa shape index (κ3) is 5.55. The summed E-state index contributed by atoms with van der Waals surface area (Å²) in [6.07, 6.45) is 6.07. The molecule has 2 rings (SSSR count). The van der Waals surface area contributed by atoms with Crippen molar-refractivity contribution in [2.24, 2.45) is 0 Å². The summed E-state index contributed by atoms with van der Waals surface area (Å²) in [5.41, 5.74) is 2.77. The SMILES string of the molecule is CCCCCCOc1ccc(CC(C)c2ccccc2)cc1. The van der Waals surface area contributed by atoms with Crippen molar-refractivity contribution in [2.45, 2.75) is 51.9 Å². The third-order valence-corrected chi connectivity index (χ3v) is 4.10. The van der Waals surface area contributed by atoms with Gasteiger partial charge >= 0.3 is 0 Å². The molecule has 1 unspecified atom stereocenters. The van der Waals surface area contributed by atoms with Crippen LogP contribution in [0.15, 0.2) is 54.6 Å². The minimum atomic E-state index is 0.544. The summed E-state index contributed by atoms with van der Waals surface area (Å²) >= 11 is 0. The molecule has 2 aromatic rings. The van der Waals surface area contributed by atoms with Gasteiger partial charge in [-0.3, -0.25) is 0 Å². The van der Waals surface area contributed by atoms with Crippen molar-refractivity contribution in [2.75, 3.05) is 6.61 Å². The first-order valence-corrected chi connectivity index (χ1v) is 8.56. The average molecular weight is 296 g/mol. The summed E-state index contributed by atoms with van der Waals surface area (Å²) in [5, 5.41) is 0. The molecule has 0 spiro atoms. The smallest absolute Gasteiger partial charge is 0.119 e. The molecular weight excluding hydrogens is 268 g/mol. The molecule has 22 heavy (non-hydrogen) atoms. The van der Waals surface area contributed by atoms with Gasteiger partial charge in [0.05, 0.1) is 6.61 Å². The van der Waals surface area contributed by atoms with Crippen molar-refractivity contribution >= 4 is 0 Å². The van der Waals surface area contributed by atoms with Crippen molar-refractivity contribution in [3.05, 3.63) is 65.7 Å². The van der Waals surface area contributed by atoms with Crippen LogP contribution in [0.25, 0.3) is 0 Å². The van der Waals surface area contributed by atoms with Gasteiger partial charge in [-0.2, -0.15) is 0 Å². The summed E-state index contributed by atoms with van der Waals surface area (Å²) < 4.78 is 5.80. The number of hydrogen-bond donors (Lipinski definition) is 0. The third-order valence-electron chi connectivity index (χ3n) is 4.10. The van der Waals surface area contributed by atoms with Gasteiger partial charge in [0.15, 0.2) is 0 Å². The van der Waals surface area contributed by atoms with Gasteiger partial charge in [-0.25, -0.2) is 0 Å². The van der Waals surface area contributed by atoms with E-state index < -0.39 is 0 Å². The highest BCUT2D eigenvalue weighted by atomic mass is 16.5. The van der Waals surface area contributed by atoms with E-state index in [-0.39, 0.29) is 0 Å². The van der Waals surface area contributed by atoms with Gasteiger partial charge < -0.3 is 4.74 Å². The summed E-state index contributed by atoms with van der Waals surface area (Å²) in [6.45, 7) is 5.35. The zero-order chi connectivity index (χ0) is 15.6. The quantitative estimate of drug-likeness (QED) is 0.516. The summed E-state index contributed by atoms with van der Waals surface area (Å²) in [5.74, 6) is 1.54. The number of hydrogen-bond acceptors (Lipinski definition) is 1. The lowest BCUT2D eigenvalue weighted by Gasteiger charge is -2.12. The summed E-state index contributed by atoms with van der Waals surface area (Å²) in [7, 11) is 0. The van der Waals surface area contributed by atoms with E-state index in [1.54, 1.807) is 0 Å². The maximum absolute atomic E-state index is 5.80. The van der Waals surface area contributed by atoms with Crippen molar-refractivity contribution in [3.8, 4) is 5.75 Å². The Morgan fingerprint density at radius 3 is 2.27 bits per heavy atom. The standard InChI is InChI=1S/C21H28O/c1-3-4-5-9-16-22-21-14-12-19(13-15-21)17-18(2)20-10-7-6-8-11-20/h6-8,10-15,18H,3-5,9,16-17H2,1-2H3.